The lowest BCUT2D eigenvalue weighted by molar-refractivity contribution is -0.135. The zero-order valence-electron chi connectivity index (χ0n) is 13.4. The average Bonchev–Trinajstić information content (AvgIpc) is 2.42. The SMILES string of the molecule is CC1(C)CCC(C)(C)c2cc(OC(=O)CCC=O)ccc21. The van der Waals surface area contributed by atoms with Crippen molar-refractivity contribution in [1.29, 1.82) is 0 Å². The number of aldehydes is 1. The molecule has 0 N–H and O–H groups in total. The Kier molecular flexibility index (Phi) is 4.22. The highest BCUT2D eigenvalue weighted by Gasteiger charge is 2.37. The van der Waals surface area contributed by atoms with Crippen LogP contribution in [0.3, 0.4) is 0 Å². The molecule has 2 rings (SSSR count). The van der Waals surface area contributed by atoms with Gasteiger partial charge in [-0.1, -0.05) is 33.8 Å². The lowest BCUT2D eigenvalue weighted by Crippen LogP contribution is -2.33. The number of fused-ring (bicyclic) bond motifs is 1. The van der Waals surface area contributed by atoms with Gasteiger partial charge in [-0.2, -0.15) is 0 Å². The minimum Gasteiger partial charge on any atom is -0.427 e. The van der Waals surface area contributed by atoms with E-state index in [0.29, 0.717) is 5.75 Å². The molecule has 0 saturated carbocycles. The molecule has 0 aliphatic heterocycles. The van der Waals surface area contributed by atoms with Gasteiger partial charge >= 0.3 is 5.97 Å². The topological polar surface area (TPSA) is 43.4 Å². The Morgan fingerprint density at radius 1 is 1.14 bits per heavy atom. The van der Waals surface area contributed by atoms with E-state index in [1.165, 1.54) is 11.1 Å². The van der Waals surface area contributed by atoms with E-state index < -0.39 is 0 Å². The monoisotopic (exact) mass is 288 g/mol. The Balaban J connectivity index is 2.29. The van der Waals surface area contributed by atoms with Crippen molar-refractivity contribution in [3.8, 4) is 5.75 Å². The number of rotatable bonds is 4. The highest BCUT2D eigenvalue weighted by Crippen LogP contribution is 2.46. The first-order chi connectivity index (χ1) is 9.76. The van der Waals surface area contributed by atoms with Crippen molar-refractivity contribution in [3.05, 3.63) is 29.3 Å². The summed E-state index contributed by atoms with van der Waals surface area (Å²) < 4.78 is 5.35. The quantitative estimate of drug-likeness (QED) is 0.479. The molecule has 0 aromatic heterocycles. The Hall–Kier alpha value is -1.64. The molecule has 0 saturated heterocycles. The fraction of sp³-hybridized carbons (Fsp3) is 0.556. The summed E-state index contributed by atoms with van der Waals surface area (Å²) in [6.07, 6.45) is 3.36. The molecule has 0 amide bonds. The van der Waals surface area contributed by atoms with Crippen LogP contribution in [0.15, 0.2) is 18.2 Å². The first-order valence-electron chi connectivity index (χ1n) is 7.56. The fourth-order valence-corrected chi connectivity index (χ4v) is 2.99. The predicted molar refractivity (Wildman–Crippen MR) is 82.7 cm³/mol. The summed E-state index contributed by atoms with van der Waals surface area (Å²) in [5.41, 5.74) is 2.85. The number of hydrogen-bond donors (Lipinski definition) is 0. The van der Waals surface area contributed by atoms with Gasteiger partial charge in [0.25, 0.3) is 0 Å². The van der Waals surface area contributed by atoms with Crippen LogP contribution in [0.5, 0.6) is 5.75 Å². The second kappa shape index (κ2) is 5.63. The highest BCUT2D eigenvalue weighted by atomic mass is 16.5. The molecule has 3 heteroatoms. The van der Waals surface area contributed by atoms with E-state index in [4.69, 9.17) is 4.74 Å². The third kappa shape index (κ3) is 3.34. The molecule has 0 spiro atoms. The largest absolute Gasteiger partial charge is 0.427 e. The third-order valence-corrected chi connectivity index (χ3v) is 4.52. The molecule has 114 valence electrons. The van der Waals surface area contributed by atoms with Crippen LogP contribution in [0, 0.1) is 0 Å². The molecule has 1 aromatic rings. The van der Waals surface area contributed by atoms with Crippen LogP contribution in [0.25, 0.3) is 0 Å². The van der Waals surface area contributed by atoms with Gasteiger partial charge in [-0.25, -0.2) is 0 Å². The van der Waals surface area contributed by atoms with Gasteiger partial charge in [0.2, 0.25) is 0 Å². The Labute approximate surface area is 126 Å². The summed E-state index contributed by atoms with van der Waals surface area (Å²) in [5.74, 6) is 0.227. The minimum absolute atomic E-state index is 0.0933. The maximum Gasteiger partial charge on any atom is 0.311 e. The summed E-state index contributed by atoms with van der Waals surface area (Å²) in [6, 6.07) is 5.94. The van der Waals surface area contributed by atoms with Gasteiger partial charge in [0.1, 0.15) is 12.0 Å². The number of carbonyl (C=O) groups is 2. The van der Waals surface area contributed by atoms with Gasteiger partial charge in [0, 0.05) is 6.42 Å². The number of ether oxygens (including phenoxy) is 1. The molecule has 0 atom stereocenters. The van der Waals surface area contributed by atoms with E-state index in [1.54, 1.807) is 0 Å². The lowest BCUT2D eigenvalue weighted by atomic mass is 9.63. The molecular formula is C18H24O3. The summed E-state index contributed by atoms with van der Waals surface area (Å²) in [5, 5.41) is 0. The third-order valence-electron chi connectivity index (χ3n) is 4.52. The van der Waals surface area contributed by atoms with Crippen molar-refractivity contribution in [2.24, 2.45) is 0 Å². The van der Waals surface area contributed by atoms with Crippen LogP contribution in [-0.4, -0.2) is 12.3 Å². The summed E-state index contributed by atoms with van der Waals surface area (Å²) in [4.78, 5) is 21.9. The van der Waals surface area contributed by atoms with Crippen LogP contribution in [0.2, 0.25) is 0 Å². The van der Waals surface area contributed by atoms with Gasteiger partial charge < -0.3 is 9.53 Å². The van der Waals surface area contributed by atoms with Crippen molar-refractivity contribution >= 4 is 12.3 Å². The van der Waals surface area contributed by atoms with Crippen molar-refractivity contribution in [3.63, 3.8) is 0 Å². The molecule has 1 aliphatic rings. The van der Waals surface area contributed by atoms with Crippen LogP contribution in [-0.2, 0) is 20.4 Å². The number of esters is 1. The standard InChI is InChI=1S/C18H24O3/c1-17(2)9-10-18(3,4)15-12-13(7-8-14(15)17)21-16(20)6-5-11-19/h7-8,11-12H,5-6,9-10H2,1-4H3. The van der Waals surface area contributed by atoms with Gasteiger partial charge in [-0.3, -0.25) is 4.79 Å². The molecule has 3 nitrogen and oxygen atoms in total. The average molecular weight is 288 g/mol. The number of carbonyl (C=O) groups excluding carboxylic acids is 2. The second-order valence-electron chi connectivity index (χ2n) is 7.15. The van der Waals surface area contributed by atoms with Crippen molar-refractivity contribution in [1.82, 2.24) is 0 Å². The van der Waals surface area contributed by atoms with Gasteiger partial charge in [-0.15, -0.1) is 0 Å². The minimum atomic E-state index is -0.352. The van der Waals surface area contributed by atoms with Gasteiger partial charge in [0.15, 0.2) is 0 Å². The van der Waals surface area contributed by atoms with Crippen LogP contribution >= 0.6 is 0 Å². The molecular weight excluding hydrogens is 264 g/mol. The van der Waals surface area contributed by atoms with E-state index >= 15 is 0 Å². The zero-order chi connectivity index (χ0) is 15.7. The summed E-state index contributed by atoms with van der Waals surface area (Å²) >= 11 is 0. The maximum absolute atomic E-state index is 11.6. The summed E-state index contributed by atoms with van der Waals surface area (Å²) in [7, 11) is 0. The van der Waals surface area contributed by atoms with Crippen molar-refractivity contribution in [2.45, 2.75) is 64.2 Å². The Morgan fingerprint density at radius 2 is 1.76 bits per heavy atom. The first kappa shape index (κ1) is 15.7. The molecule has 0 unspecified atom stereocenters. The molecule has 21 heavy (non-hydrogen) atoms. The fourth-order valence-electron chi connectivity index (χ4n) is 2.99. The van der Waals surface area contributed by atoms with Crippen LogP contribution < -0.4 is 4.74 Å². The Morgan fingerprint density at radius 3 is 2.38 bits per heavy atom. The van der Waals surface area contributed by atoms with Gasteiger partial charge in [0.05, 0.1) is 6.42 Å². The van der Waals surface area contributed by atoms with E-state index in [1.807, 2.05) is 12.1 Å². The number of hydrogen-bond acceptors (Lipinski definition) is 3. The van der Waals surface area contributed by atoms with E-state index in [0.717, 1.165) is 19.1 Å². The molecule has 0 fully saturated rings. The van der Waals surface area contributed by atoms with E-state index in [9.17, 15) is 9.59 Å². The Bertz CT molecular complexity index is 556. The molecule has 0 heterocycles. The molecule has 1 aromatic carbocycles. The maximum atomic E-state index is 11.6. The van der Waals surface area contributed by atoms with Crippen molar-refractivity contribution < 1.29 is 14.3 Å². The molecule has 1 aliphatic carbocycles. The molecule has 0 bridgehead atoms. The smallest absolute Gasteiger partial charge is 0.311 e. The van der Waals surface area contributed by atoms with Crippen molar-refractivity contribution in [2.75, 3.05) is 0 Å². The highest BCUT2D eigenvalue weighted by molar-refractivity contribution is 5.75. The second-order valence-corrected chi connectivity index (χ2v) is 7.15. The normalized spacial score (nSPS) is 18.7. The first-order valence-corrected chi connectivity index (χ1v) is 7.56. The van der Waals surface area contributed by atoms with E-state index in [2.05, 4.69) is 33.8 Å². The lowest BCUT2D eigenvalue weighted by Gasteiger charge is -2.41. The predicted octanol–water partition coefficient (Wildman–Crippen LogP) is 3.92. The van der Waals surface area contributed by atoms with Gasteiger partial charge in [-0.05, 0) is 46.9 Å². The van der Waals surface area contributed by atoms with Crippen LogP contribution in [0.4, 0.5) is 0 Å². The summed E-state index contributed by atoms with van der Waals surface area (Å²) in [6.45, 7) is 8.99. The van der Waals surface area contributed by atoms with E-state index in [-0.39, 0.29) is 29.6 Å². The number of benzene rings is 1. The molecule has 0 radical (unpaired) electrons. The van der Waals surface area contributed by atoms with Crippen LogP contribution in [0.1, 0.15) is 64.5 Å². The zero-order valence-corrected chi connectivity index (χ0v) is 13.4.